The molecule has 2 fully saturated rings. The molecule has 2 saturated heterocycles. The van der Waals surface area contributed by atoms with Crippen molar-refractivity contribution < 1.29 is 19.7 Å². The molecular formula is C14H20N2O4. The minimum Gasteiger partial charge on any atom is -0.453 e. The zero-order valence-corrected chi connectivity index (χ0v) is 11.6. The molecule has 0 aliphatic carbocycles. The van der Waals surface area contributed by atoms with Crippen molar-refractivity contribution in [3.8, 4) is 0 Å². The van der Waals surface area contributed by atoms with E-state index in [-0.39, 0.29) is 12.1 Å². The first-order chi connectivity index (χ1) is 9.49. The molecule has 6 heteroatoms. The molecule has 20 heavy (non-hydrogen) atoms. The van der Waals surface area contributed by atoms with Crippen LogP contribution in [-0.2, 0) is 11.8 Å². The number of rotatable bonds is 2. The zero-order valence-electron chi connectivity index (χ0n) is 11.6. The first-order valence-electron chi connectivity index (χ1n) is 6.89. The van der Waals surface area contributed by atoms with Gasteiger partial charge in [-0.25, -0.2) is 4.79 Å². The number of likely N-dealkylation sites (N-methyl/N-ethyl adjacent to an activating group) is 1. The maximum atomic E-state index is 12.2. The summed E-state index contributed by atoms with van der Waals surface area (Å²) < 4.78 is 7.21. The van der Waals surface area contributed by atoms with Crippen LogP contribution < -0.4 is 0 Å². The van der Waals surface area contributed by atoms with Gasteiger partial charge in [0, 0.05) is 19.3 Å². The van der Waals surface area contributed by atoms with Crippen LogP contribution in [0.25, 0.3) is 0 Å². The molecule has 2 aliphatic rings. The lowest BCUT2D eigenvalue weighted by Crippen LogP contribution is -2.45. The molecule has 5 atom stereocenters. The Morgan fingerprint density at radius 1 is 1.30 bits per heavy atom. The number of piperidine rings is 1. The molecule has 1 aromatic heterocycles. The van der Waals surface area contributed by atoms with Crippen molar-refractivity contribution in [1.29, 1.82) is 0 Å². The molecule has 0 amide bonds. The number of carbonyl (C=O) groups excluding carboxylic acids is 1. The number of fused-ring (bicyclic) bond motifs is 2. The molecule has 0 saturated carbocycles. The third kappa shape index (κ3) is 2.04. The molecule has 2 aliphatic heterocycles. The van der Waals surface area contributed by atoms with E-state index in [4.69, 9.17) is 4.74 Å². The average Bonchev–Trinajstić information content (AvgIpc) is 2.87. The number of nitrogens with zero attached hydrogens (tertiary/aromatic N) is 2. The van der Waals surface area contributed by atoms with Gasteiger partial charge in [0.1, 0.15) is 17.9 Å². The van der Waals surface area contributed by atoms with E-state index >= 15 is 0 Å². The monoisotopic (exact) mass is 280 g/mol. The smallest absolute Gasteiger partial charge is 0.355 e. The Balaban J connectivity index is 1.78. The number of aliphatic hydroxyl groups excluding tert-OH is 2. The first-order valence-corrected chi connectivity index (χ1v) is 6.89. The third-order valence-corrected chi connectivity index (χ3v) is 4.58. The summed E-state index contributed by atoms with van der Waals surface area (Å²) in [5.74, 6) is -0.433. The van der Waals surface area contributed by atoms with Crippen LogP contribution in [0, 0.1) is 0 Å². The van der Waals surface area contributed by atoms with Crippen LogP contribution in [0.4, 0.5) is 0 Å². The van der Waals surface area contributed by atoms with Gasteiger partial charge in [-0.15, -0.1) is 0 Å². The average molecular weight is 280 g/mol. The van der Waals surface area contributed by atoms with Gasteiger partial charge in [-0.2, -0.15) is 0 Å². The highest BCUT2D eigenvalue weighted by atomic mass is 16.6. The van der Waals surface area contributed by atoms with E-state index < -0.39 is 24.3 Å². The third-order valence-electron chi connectivity index (χ3n) is 4.58. The number of hydrogen-bond donors (Lipinski definition) is 2. The number of aromatic nitrogens is 1. The topological polar surface area (TPSA) is 74.9 Å². The number of aliphatic hydroxyl groups is 2. The van der Waals surface area contributed by atoms with Crippen molar-refractivity contribution >= 4 is 5.97 Å². The number of esters is 1. The van der Waals surface area contributed by atoms with E-state index in [2.05, 4.69) is 0 Å². The molecule has 0 radical (unpaired) electrons. The van der Waals surface area contributed by atoms with Crippen LogP contribution in [-0.4, -0.2) is 63.1 Å². The maximum absolute atomic E-state index is 12.2. The fourth-order valence-corrected chi connectivity index (χ4v) is 3.43. The Kier molecular flexibility index (Phi) is 3.32. The quantitative estimate of drug-likeness (QED) is 0.731. The second kappa shape index (κ2) is 4.87. The fourth-order valence-electron chi connectivity index (χ4n) is 3.43. The van der Waals surface area contributed by atoms with Crippen molar-refractivity contribution in [2.45, 2.75) is 43.2 Å². The lowest BCUT2D eigenvalue weighted by molar-refractivity contribution is -0.0135. The van der Waals surface area contributed by atoms with E-state index in [1.807, 2.05) is 11.9 Å². The standard InChI is InChI=1S/C14H20N2O4/c1-15-5-3-4-9(15)14(19)20-13-11-7-8(17)6-10(12(13)18)16(11)2/h3-5,8,10-13,17-18H,6-7H2,1-2H3/t8-,10-,11+,12+,13+/m1/s1. The van der Waals surface area contributed by atoms with Gasteiger partial charge in [-0.1, -0.05) is 0 Å². The van der Waals surface area contributed by atoms with Crippen molar-refractivity contribution in [3.63, 3.8) is 0 Å². The number of ether oxygens (including phenoxy) is 1. The number of carbonyl (C=O) groups is 1. The number of hydrogen-bond acceptors (Lipinski definition) is 5. The summed E-state index contributed by atoms with van der Waals surface area (Å²) in [7, 11) is 3.68. The van der Waals surface area contributed by atoms with Crippen molar-refractivity contribution in [2.24, 2.45) is 7.05 Å². The molecule has 0 aromatic carbocycles. The van der Waals surface area contributed by atoms with E-state index in [0.29, 0.717) is 18.5 Å². The second-order valence-corrected chi connectivity index (χ2v) is 5.79. The van der Waals surface area contributed by atoms with Crippen LogP contribution >= 0.6 is 0 Å². The number of aryl methyl sites for hydroxylation is 1. The minimum atomic E-state index is -0.744. The minimum absolute atomic E-state index is 0.122. The highest BCUT2D eigenvalue weighted by Gasteiger charge is 2.52. The lowest BCUT2D eigenvalue weighted by Gasteiger charge is -2.34. The van der Waals surface area contributed by atoms with Crippen LogP contribution in [0.15, 0.2) is 18.3 Å². The fraction of sp³-hybridized carbons (Fsp3) is 0.643. The summed E-state index contributed by atoms with van der Waals surface area (Å²) in [5, 5.41) is 20.1. The summed E-state index contributed by atoms with van der Waals surface area (Å²) in [4.78, 5) is 14.2. The van der Waals surface area contributed by atoms with E-state index in [0.717, 1.165) is 0 Å². The molecule has 6 nitrogen and oxygen atoms in total. The lowest BCUT2D eigenvalue weighted by atomic mass is 10.0. The summed E-state index contributed by atoms with van der Waals surface area (Å²) >= 11 is 0. The van der Waals surface area contributed by atoms with Crippen LogP contribution in [0.5, 0.6) is 0 Å². The second-order valence-electron chi connectivity index (χ2n) is 5.79. The Hall–Kier alpha value is -1.37. The molecule has 0 unspecified atom stereocenters. The summed E-state index contributed by atoms with van der Waals surface area (Å²) in [6.45, 7) is 0. The molecule has 2 bridgehead atoms. The highest BCUT2D eigenvalue weighted by molar-refractivity contribution is 5.87. The van der Waals surface area contributed by atoms with Crippen molar-refractivity contribution in [1.82, 2.24) is 9.47 Å². The van der Waals surface area contributed by atoms with E-state index in [1.165, 1.54) is 0 Å². The summed E-state index contributed by atoms with van der Waals surface area (Å²) in [6, 6.07) is 3.20. The maximum Gasteiger partial charge on any atom is 0.355 e. The Morgan fingerprint density at radius 2 is 2.00 bits per heavy atom. The van der Waals surface area contributed by atoms with Gasteiger partial charge >= 0.3 is 5.97 Å². The highest BCUT2D eigenvalue weighted by Crippen LogP contribution is 2.36. The van der Waals surface area contributed by atoms with Gasteiger partial charge in [0.2, 0.25) is 0 Å². The van der Waals surface area contributed by atoms with Gasteiger partial charge in [0.05, 0.1) is 12.1 Å². The summed E-state index contributed by atoms with van der Waals surface area (Å²) in [6.07, 6.45) is 1.06. The Morgan fingerprint density at radius 3 is 2.65 bits per heavy atom. The van der Waals surface area contributed by atoms with Gasteiger partial charge < -0.3 is 19.5 Å². The van der Waals surface area contributed by atoms with Crippen LogP contribution in [0.2, 0.25) is 0 Å². The van der Waals surface area contributed by atoms with Crippen molar-refractivity contribution in [3.05, 3.63) is 24.0 Å². The van der Waals surface area contributed by atoms with Crippen molar-refractivity contribution in [2.75, 3.05) is 7.05 Å². The van der Waals surface area contributed by atoms with Gasteiger partial charge in [-0.05, 0) is 32.0 Å². The largest absolute Gasteiger partial charge is 0.453 e. The molecule has 3 rings (SSSR count). The molecule has 110 valence electrons. The molecular weight excluding hydrogens is 260 g/mol. The van der Waals surface area contributed by atoms with Gasteiger partial charge in [-0.3, -0.25) is 4.90 Å². The predicted molar refractivity (Wildman–Crippen MR) is 71.2 cm³/mol. The molecule has 1 aromatic rings. The van der Waals surface area contributed by atoms with Gasteiger partial charge in [0.15, 0.2) is 0 Å². The van der Waals surface area contributed by atoms with Crippen LogP contribution in [0.1, 0.15) is 23.3 Å². The van der Waals surface area contributed by atoms with Crippen LogP contribution in [0.3, 0.4) is 0 Å². The van der Waals surface area contributed by atoms with Gasteiger partial charge in [0.25, 0.3) is 0 Å². The normalized spacial score (nSPS) is 37.1. The molecule has 2 N–H and O–H groups in total. The molecule has 0 spiro atoms. The predicted octanol–water partition coefficient (Wildman–Crippen LogP) is -0.251. The summed E-state index contributed by atoms with van der Waals surface area (Å²) in [5.41, 5.74) is 0.460. The molecule has 3 heterocycles. The van der Waals surface area contributed by atoms with E-state index in [1.54, 1.807) is 29.9 Å². The van der Waals surface area contributed by atoms with E-state index in [9.17, 15) is 15.0 Å². The Bertz CT molecular complexity index is 515. The first kappa shape index (κ1) is 13.6. The Labute approximate surface area is 117 Å². The zero-order chi connectivity index (χ0) is 14.4. The SMILES string of the molecule is CN1[C@@H]2C[C@@H](O)C[C@H]1[C@H](OC(=O)c1cccn1C)[C@H]2O.